The van der Waals surface area contributed by atoms with Crippen molar-refractivity contribution in [2.45, 2.75) is 0 Å². The van der Waals surface area contributed by atoms with Crippen LogP contribution in [0.25, 0.3) is 0 Å². The topological polar surface area (TPSA) is 37.3 Å². The molecular weight excluding hydrogens is 112 g/mol. The molecule has 0 aromatic heterocycles. The van der Waals surface area contributed by atoms with Crippen LogP contribution in [0.15, 0.2) is 0 Å². The van der Waals surface area contributed by atoms with Gasteiger partial charge >= 0.3 is 0 Å². The molecule has 0 saturated carbocycles. The van der Waals surface area contributed by atoms with Crippen molar-refractivity contribution in [1.82, 2.24) is 0 Å². The van der Waals surface area contributed by atoms with Gasteiger partial charge in [0.05, 0.1) is 6.61 Å². The van der Waals surface area contributed by atoms with Crippen molar-refractivity contribution in [2.24, 2.45) is 0 Å². The van der Waals surface area contributed by atoms with Crippen molar-refractivity contribution in [3.8, 4) is 0 Å². The lowest BCUT2D eigenvalue weighted by Gasteiger charge is -1.93. The van der Waals surface area contributed by atoms with E-state index < -0.39 is 9.52 Å². The Morgan fingerprint density at radius 3 is 2.29 bits per heavy atom. The summed E-state index contributed by atoms with van der Waals surface area (Å²) in [6, 6.07) is 0. The highest BCUT2D eigenvalue weighted by molar-refractivity contribution is 7.99. The van der Waals surface area contributed by atoms with Crippen LogP contribution < -0.4 is 0 Å². The number of hydrogen-bond donors (Lipinski definition) is 1. The van der Waals surface area contributed by atoms with E-state index in [1.807, 2.05) is 0 Å². The summed E-state index contributed by atoms with van der Waals surface area (Å²) in [5.41, 5.74) is 0. The zero-order valence-corrected chi connectivity index (χ0v) is 5.20. The third-order valence-corrected chi connectivity index (χ3v) is 1.57. The minimum absolute atomic E-state index is 0.0289. The van der Waals surface area contributed by atoms with Crippen LogP contribution in [0.3, 0.4) is 0 Å². The Labute approximate surface area is 44.2 Å². The Kier molecular flexibility index (Phi) is 2.32. The second-order valence-electron chi connectivity index (χ2n) is 1.61. The second kappa shape index (κ2) is 2.33. The first-order valence-corrected chi connectivity index (χ1v) is 4.27. The fraction of sp³-hybridized carbons (Fsp3) is 0.750. The van der Waals surface area contributed by atoms with Crippen LogP contribution >= 0.6 is 0 Å². The third-order valence-electron chi connectivity index (χ3n) is 0.523. The number of rotatable bonds is 2. The van der Waals surface area contributed by atoms with Gasteiger partial charge in [-0.15, -0.1) is 0 Å². The van der Waals surface area contributed by atoms with Crippen LogP contribution in [-0.4, -0.2) is 33.8 Å². The first-order valence-electron chi connectivity index (χ1n) is 1.97. The number of aliphatic hydroxyl groups excluding tert-OH is 1. The van der Waals surface area contributed by atoms with Crippen LogP contribution in [0.4, 0.5) is 0 Å². The van der Waals surface area contributed by atoms with Gasteiger partial charge < -0.3 is 5.11 Å². The molecule has 0 bridgehead atoms. The van der Waals surface area contributed by atoms with E-state index >= 15 is 0 Å². The first-order chi connectivity index (χ1) is 3.06. The molecule has 0 aliphatic heterocycles. The molecule has 0 heterocycles. The van der Waals surface area contributed by atoms with E-state index in [0.717, 1.165) is 0 Å². The predicted octanol–water partition coefficient (Wildman–Crippen LogP) is -0.675. The number of aliphatic hydroxyl groups is 1. The SMILES string of the molecule is C=S(C)(=O)CCO. The minimum atomic E-state index is -1.92. The lowest BCUT2D eigenvalue weighted by molar-refractivity contribution is 0.321. The molecule has 0 fully saturated rings. The molecule has 1 N–H and O–H groups in total. The molecule has 0 radical (unpaired) electrons. The van der Waals surface area contributed by atoms with Crippen LogP contribution in [0.1, 0.15) is 0 Å². The molecule has 3 heteroatoms. The Balaban J connectivity index is 3.60. The molecule has 1 atom stereocenters. The molecule has 0 amide bonds. The van der Waals surface area contributed by atoms with Gasteiger partial charge in [-0.2, -0.15) is 0 Å². The second-order valence-corrected chi connectivity index (χ2v) is 4.39. The van der Waals surface area contributed by atoms with E-state index in [4.69, 9.17) is 5.11 Å². The standard InChI is InChI=1S/C4H10O2S/c1-7(2,6)4-3-5/h5H,1,3-4H2,2H3. The molecule has 2 nitrogen and oxygen atoms in total. The average Bonchev–Trinajstić information content (AvgIpc) is 1.30. The zero-order valence-electron chi connectivity index (χ0n) is 4.39. The summed E-state index contributed by atoms with van der Waals surface area (Å²) in [6.45, 7) is -0.0289. The molecule has 1 unspecified atom stereocenters. The van der Waals surface area contributed by atoms with E-state index in [-0.39, 0.29) is 6.61 Å². The third kappa shape index (κ3) is 5.98. The maximum Gasteiger partial charge on any atom is 0.0540 e. The fourth-order valence-corrected chi connectivity index (χ4v) is 0.579. The van der Waals surface area contributed by atoms with Gasteiger partial charge in [0.25, 0.3) is 0 Å². The molecular formula is C4H10O2S. The zero-order chi connectivity index (χ0) is 5.91. The number of hydrogen-bond acceptors (Lipinski definition) is 2. The van der Waals surface area contributed by atoms with Crippen molar-refractivity contribution in [2.75, 3.05) is 18.6 Å². The summed E-state index contributed by atoms with van der Waals surface area (Å²) in [5.74, 6) is 3.64. The van der Waals surface area contributed by atoms with Crippen molar-refractivity contribution >= 4 is 15.4 Å². The quantitative estimate of drug-likeness (QED) is 0.493. The lowest BCUT2D eigenvalue weighted by atomic mass is 10.9. The van der Waals surface area contributed by atoms with Gasteiger partial charge in [-0.1, -0.05) is 0 Å². The minimum Gasteiger partial charge on any atom is -0.395 e. The van der Waals surface area contributed by atoms with Gasteiger partial charge in [0.15, 0.2) is 0 Å². The van der Waals surface area contributed by atoms with Crippen LogP contribution in [0, 0.1) is 0 Å². The highest BCUT2D eigenvalue weighted by Crippen LogP contribution is 1.77. The summed E-state index contributed by atoms with van der Waals surface area (Å²) >= 11 is 0. The molecule has 7 heavy (non-hydrogen) atoms. The van der Waals surface area contributed by atoms with Gasteiger partial charge in [0, 0.05) is 12.0 Å². The van der Waals surface area contributed by atoms with E-state index in [2.05, 4.69) is 5.87 Å². The largest absolute Gasteiger partial charge is 0.395 e. The lowest BCUT2D eigenvalue weighted by Crippen LogP contribution is -2.05. The highest BCUT2D eigenvalue weighted by atomic mass is 32.2. The Hall–Kier alpha value is -0.0200. The van der Waals surface area contributed by atoms with Gasteiger partial charge in [0.2, 0.25) is 0 Å². The van der Waals surface area contributed by atoms with E-state index in [9.17, 15) is 4.21 Å². The summed E-state index contributed by atoms with van der Waals surface area (Å²) < 4.78 is 10.5. The summed E-state index contributed by atoms with van der Waals surface area (Å²) in [6.07, 6.45) is 1.53. The van der Waals surface area contributed by atoms with E-state index in [1.165, 1.54) is 6.26 Å². The Morgan fingerprint density at radius 2 is 2.29 bits per heavy atom. The van der Waals surface area contributed by atoms with Gasteiger partial charge in [-0.3, -0.25) is 4.21 Å². The van der Waals surface area contributed by atoms with Crippen molar-refractivity contribution in [3.05, 3.63) is 0 Å². The van der Waals surface area contributed by atoms with E-state index in [1.54, 1.807) is 0 Å². The van der Waals surface area contributed by atoms with Gasteiger partial charge in [0.1, 0.15) is 0 Å². The average molecular weight is 122 g/mol. The molecule has 0 spiro atoms. The van der Waals surface area contributed by atoms with Gasteiger partial charge in [-0.05, 0) is 15.4 Å². The Bertz CT molecular complexity index is 123. The summed E-state index contributed by atoms with van der Waals surface area (Å²) in [4.78, 5) is 0. The van der Waals surface area contributed by atoms with Crippen molar-refractivity contribution in [1.29, 1.82) is 0 Å². The molecule has 0 saturated heterocycles. The summed E-state index contributed by atoms with van der Waals surface area (Å²) in [5, 5.41) is 8.18. The monoisotopic (exact) mass is 122 g/mol. The van der Waals surface area contributed by atoms with Crippen LogP contribution in [0.2, 0.25) is 0 Å². The fourth-order valence-electron chi connectivity index (χ4n) is 0.193. The molecule has 0 aromatic rings. The molecule has 0 aromatic carbocycles. The van der Waals surface area contributed by atoms with Crippen molar-refractivity contribution < 1.29 is 9.32 Å². The van der Waals surface area contributed by atoms with Crippen molar-refractivity contribution in [3.63, 3.8) is 0 Å². The molecule has 44 valence electrons. The summed E-state index contributed by atoms with van der Waals surface area (Å²) in [7, 11) is -1.92. The molecule has 0 aliphatic carbocycles. The maximum absolute atomic E-state index is 10.5. The smallest absolute Gasteiger partial charge is 0.0540 e. The van der Waals surface area contributed by atoms with Gasteiger partial charge in [-0.25, -0.2) is 0 Å². The Morgan fingerprint density at radius 1 is 1.86 bits per heavy atom. The molecule has 0 aliphatic rings. The van der Waals surface area contributed by atoms with E-state index in [0.29, 0.717) is 5.75 Å². The maximum atomic E-state index is 10.5. The normalized spacial score (nSPS) is 18.6. The molecule has 0 rings (SSSR count). The predicted molar refractivity (Wildman–Crippen MR) is 33.1 cm³/mol. The first kappa shape index (κ1) is 6.98. The van der Waals surface area contributed by atoms with Crippen LogP contribution in [0.5, 0.6) is 0 Å². The van der Waals surface area contributed by atoms with Crippen LogP contribution in [-0.2, 0) is 9.52 Å². The highest BCUT2D eigenvalue weighted by Gasteiger charge is 1.88.